The zero-order valence-corrected chi connectivity index (χ0v) is 11.4. The second-order valence-electron chi connectivity index (χ2n) is 1.71. The van der Waals surface area contributed by atoms with E-state index in [1.807, 2.05) is 54.5 Å². The second-order valence-corrected chi connectivity index (χ2v) is 1.71. The van der Waals surface area contributed by atoms with E-state index in [1.54, 1.807) is 13.0 Å². The smallest absolute Gasteiger partial charge is 0.0312 e. The predicted octanol–water partition coefficient (Wildman–Crippen LogP) is 5.24. The molecule has 0 aliphatic carbocycles. The van der Waals surface area contributed by atoms with E-state index < -0.39 is 0 Å². The van der Waals surface area contributed by atoms with Crippen molar-refractivity contribution >= 4 is 5.71 Å². The normalized spacial score (nSPS) is 7.57. The van der Waals surface area contributed by atoms with Crippen molar-refractivity contribution in [3.63, 3.8) is 0 Å². The number of hydrogen-bond acceptors (Lipinski definition) is 1. The van der Waals surface area contributed by atoms with Crippen molar-refractivity contribution in [2.45, 2.75) is 55.4 Å². The highest BCUT2D eigenvalue weighted by atomic mass is 14.4. The fourth-order valence-corrected chi connectivity index (χ4v) is 0.302. The maximum absolute atomic E-state index is 7.09. The fourth-order valence-electron chi connectivity index (χ4n) is 0.302. The van der Waals surface area contributed by atoms with Crippen molar-refractivity contribution in [3.8, 4) is 0 Å². The maximum atomic E-state index is 7.09. The lowest BCUT2D eigenvalue weighted by Gasteiger charge is -1.90. The van der Waals surface area contributed by atoms with Gasteiger partial charge in [-0.1, -0.05) is 60.3 Å². The monoisotopic (exact) mass is 199 g/mol. The SMILES string of the molecule is C=C/C=C(/C)C(C)=N.CC.CC.CC. The van der Waals surface area contributed by atoms with Crippen molar-refractivity contribution in [3.05, 3.63) is 24.3 Å². The van der Waals surface area contributed by atoms with Crippen LogP contribution >= 0.6 is 0 Å². The molecule has 0 fully saturated rings. The summed E-state index contributed by atoms with van der Waals surface area (Å²) in [5, 5.41) is 7.09. The van der Waals surface area contributed by atoms with Crippen LogP contribution < -0.4 is 0 Å². The van der Waals surface area contributed by atoms with Gasteiger partial charge in [0.15, 0.2) is 0 Å². The molecule has 86 valence electrons. The van der Waals surface area contributed by atoms with Gasteiger partial charge >= 0.3 is 0 Å². The molecule has 0 bridgehead atoms. The summed E-state index contributed by atoms with van der Waals surface area (Å²) in [6.07, 6.45) is 3.51. The Kier molecular flexibility index (Phi) is 48.9. The van der Waals surface area contributed by atoms with Crippen LogP contribution in [0.2, 0.25) is 0 Å². The average molecular weight is 199 g/mol. The zero-order chi connectivity index (χ0) is 12.6. The topological polar surface area (TPSA) is 23.9 Å². The minimum Gasteiger partial charge on any atom is -0.305 e. The molecule has 0 amide bonds. The Hall–Kier alpha value is -0.850. The highest BCUT2D eigenvalue weighted by Crippen LogP contribution is 1.92. The number of nitrogens with one attached hydrogen (secondary N) is 1. The Bertz CT molecular complexity index is 132. The predicted molar refractivity (Wildman–Crippen MR) is 71.4 cm³/mol. The van der Waals surface area contributed by atoms with Crippen LogP contribution in [0.1, 0.15) is 55.4 Å². The Balaban J connectivity index is -0.0000000708. The van der Waals surface area contributed by atoms with Gasteiger partial charge in [0.25, 0.3) is 0 Å². The molecule has 0 unspecified atom stereocenters. The molecule has 1 heteroatoms. The van der Waals surface area contributed by atoms with Crippen molar-refractivity contribution in [1.82, 2.24) is 0 Å². The molecule has 0 aliphatic rings. The first kappa shape index (κ1) is 23.2. The van der Waals surface area contributed by atoms with E-state index in [9.17, 15) is 0 Å². The number of hydrogen-bond donors (Lipinski definition) is 1. The summed E-state index contributed by atoms with van der Waals surface area (Å²) in [5.74, 6) is 0. The summed E-state index contributed by atoms with van der Waals surface area (Å²) in [6, 6.07) is 0. The molecule has 0 aromatic rings. The summed E-state index contributed by atoms with van der Waals surface area (Å²) < 4.78 is 0. The van der Waals surface area contributed by atoms with Gasteiger partial charge in [-0.15, -0.1) is 0 Å². The third-order valence-electron chi connectivity index (χ3n) is 0.959. The lowest BCUT2D eigenvalue weighted by molar-refractivity contribution is 1.42. The maximum Gasteiger partial charge on any atom is 0.0312 e. The van der Waals surface area contributed by atoms with Gasteiger partial charge in [0.05, 0.1) is 0 Å². The molecule has 0 saturated heterocycles. The summed E-state index contributed by atoms with van der Waals surface area (Å²) in [7, 11) is 0. The van der Waals surface area contributed by atoms with Gasteiger partial charge < -0.3 is 5.41 Å². The molecule has 0 saturated carbocycles. The van der Waals surface area contributed by atoms with E-state index in [1.165, 1.54) is 0 Å². The molecular formula is C13H29N. The van der Waals surface area contributed by atoms with Gasteiger partial charge in [0, 0.05) is 5.71 Å². The van der Waals surface area contributed by atoms with E-state index >= 15 is 0 Å². The fraction of sp³-hybridized carbons (Fsp3) is 0.615. The summed E-state index contributed by atoms with van der Waals surface area (Å²) >= 11 is 0. The highest BCUT2D eigenvalue weighted by molar-refractivity contribution is 5.95. The van der Waals surface area contributed by atoms with E-state index in [0.29, 0.717) is 5.71 Å². The van der Waals surface area contributed by atoms with Crippen LogP contribution in [0, 0.1) is 5.41 Å². The minimum atomic E-state index is 0.602. The van der Waals surface area contributed by atoms with Crippen LogP contribution in [0.25, 0.3) is 0 Å². The molecule has 0 spiro atoms. The molecule has 0 atom stereocenters. The average Bonchev–Trinajstić information content (AvgIpc) is 2.27. The molecule has 0 heterocycles. The lowest BCUT2D eigenvalue weighted by atomic mass is 10.2. The number of rotatable bonds is 2. The Morgan fingerprint density at radius 1 is 0.929 bits per heavy atom. The van der Waals surface area contributed by atoms with Gasteiger partial charge in [-0.2, -0.15) is 0 Å². The first-order valence-electron chi connectivity index (χ1n) is 5.53. The summed E-state index contributed by atoms with van der Waals surface area (Å²) in [6.45, 7) is 19.2. The van der Waals surface area contributed by atoms with Crippen LogP contribution in [0.5, 0.6) is 0 Å². The molecule has 0 rings (SSSR count). The standard InChI is InChI=1S/C7H11N.3C2H6/c1-4-5-6(2)7(3)8;3*1-2/h4-5,8H,1H2,2-3H3;3*1-2H3/b6-5-,8-7?;;;. The van der Waals surface area contributed by atoms with E-state index in [0.717, 1.165) is 5.57 Å². The van der Waals surface area contributed by atoms with E-state index in [4.69, 9.17) is 5.41 Å². The van der Waals surface area contributed by atoms with Crippen LogP contribution in [0.4, 0.5) is 0 Å². The second kappa shape index (κ2) is 29.5. The molecule has 0 aromatic heterocycles. The molecular weight excluding hydrogens is 170 g/mol. The van der Waals surface area contributed by atoms with Gasteiger partial charge in [-0.25, -0.2) is 0 Å². The Labute approximate surface area is 91.4 Å². The lowest BCUT2D eigenvalue weighted by Crippen LogP contribution is -1.87. The van der Waals surface area contributed by atoms with Gasteiger partial charge in [-0.3, -0.25) is 0 Å². The molecule has 14 heavy (non-hydrogen) atoms. The van der Waals surface area contributed by atoms with Gasteiger partial charge in [0.2, 0.25) is 0 Å². The van der Waals surface area contributed by atoms with Crippen molar-refractivity contribution in [2.24, 2.45) is 0 Å². The third-order valence-corrected chi connectivity index (χ3v) is 0.959. The largest absolute Gasteiger partial charge is 0.305 e. The van der Waals surface area contributed by atoms with Crippen molar-refractivity contribution in [2.75, 3.05) is 0 Å². The van der Waals surface area contributed by atoms with Crippen LogP contribution in [0.3, 0.4) is 0 Å². The number of allylic oxidation sites excluding steroid dienone is 3. The van der Waals surface area contributed by atoms with E-state index in [-0.39, 0.29) is 0 Å². The van der Waals surface area contributed by atoms with Gasteiger partial charge in [-0.05, 0) is 19.4 Å². The van der Waals surface area contributed by atoms with Gasteiger partial charge in [0.1, 0.15) is 0 Å². The quantitative estimate of drug-likeness (QED) is 0.464. The first-order valence-corrected chi connectivity index (χ1v) is 5.53. The van der Waals surface area contributed by atoms with E-state index in [2.05, 4.69) is 6.58 Å². The molecule has 0 aliphatic heterocycles. The molecule has 1 N–H and O–H groups in total. The van der Waals surface area contributed by atoms with Crippen molar-refractivity contribution in [1.29, 1.82) is 5.41 Å². The molecule has 0 radical (unpaired) electrons. The molecule has 0 aromatic carbocycles. The minimum absolute atomic E-state index is 0.602. The molecule has 1 nitrogen and oxygen atoms in total. The van der Waals surface area contributed by atoms with Crippen LogP contribution in [0.15, 0.2) is 24.3 Å². The van der Waals surface area contributed by atoms with Crippen LogP contribution in [-0.4, -0.2) is 5.71 Å². The third kappa shape index (κ3) is 30.4. The van der Waals surface area contributed by atoms with Crippen molar-refractivity contribution < 1.29 is 0 Å². The first-order chi connectivity index (χ1) is 6.68. The zero-order valence-electron chi connectivity index (χ0n) is 11.4. The Morgan fingerprint density at radius 2 is 1.21 bits per heavy atom. The highest BCUT2D eigenvalue weighted by Gasteiger charge is 1.85. The van der Waals surface area contributed by atoms with Crippen LogP contribution in [-0.2, 0) is 0 Å². The summed E-state index contributed by atoms with van der Waals surface area (Å²) in [4.78, 5) is 0. The Morgan fingerprint density at radius 3 is 1.29 bits per heavy atom. The summed E-state index contributed by atoms with van der Waals surface area (Å²) in [5.41, 5.74) is 1.57.